The third-order valence-electron chi connectivity index (χ3n) is 2.59. The molecule has 0 atom stereocenters. The van der Waals surface area contributed by atoms with Crippen molar-refractivity contribution >= 4 is 28.5 Å². The number of nitrogens with zero attached hydrogens (tertiary/aromatic N) is 1. The molecule has 0 bridgehead atoms. The molecule has 0 saturated carbocycles. The van der Waals surface area contributed by atoms with Crippen LogP contribution in [0, 0.1) is 6.92 Å². The van der Waals surface area contributed by atoms with Crippen molar-refractivity contribution in [1.82, 2.24) is 4.98 Å². The topological polar surface area (TPSA) is 48.4 Å². The largest absolute Gasteiger partial charge is 0.496 e. The van der Waals surface area contributed by atoms with Gasteiger partial charge in [0.1, 0.15) is 5.75 Å². The van der Waals surface area contributed by atoms with Crippen molar-refractivity contribution in [2.45, 2.75) is 6.92 Å². The quantitative estimate of drug-likeness (QED) is 0.783. The molecular weight excluding hydrogens is 254 g/mol. The SMILES string of the molecule is COC(=O)c1cc(Cl)cc2c(OC)cc(C)nc12. The Morgan fingerprint density at radius 3 is 2.61 bits per heavy atom. The summed E-state index contributed by atoms with van der Waals surface area (Å²) in [5.41, 5.74) is 1.62. The summed E-state index contributed by atoms with van der Waals surface area (Å²) in [5, 5.41) is 1.13. The molecular formula is C13H12ClNO3. The van der Waals surface area contributed by atoms with Gasteiger partial charge in [0.05, 0.1) is 25.3 Å². The van der Waals surface area contributed by atoms with Gasteiger partial charge in [-0.3, -0.25) is 4.98 Å². The summed E-state index contributed by atoms with van der Waals surface area (Å²) >= 11 is 6.00. The van der Waals surface area contributed by atoms with E-state index in [0.717, 1.165) is 5.69 Å². The predicted octanol–water partition coefficient (Wildman–Crippen LogP) is 2.99. The summed E-state index contributed by atoms with van der Waals surface area (Å²) in [6.07, 6.45) is 0. The van der Waals surface area contributed by atoms with Gasteiger partial charge < -0.3 is 9.47 Å². The van der Waals surface area contributed by atoms with E-state index in [4.69, 9.17) is 21.1 Å². The Labute approximate surface area is 109 Å². The molecule has 2 rings (SSSR count). The predicted molar refractivity (Wildman–Crippen MR) is 69.4 cm³/mol. The highest BCUT2D eigenvalue weighted by Gasteiger charge is 2.16. The Morgan fingerprint density at radius 2 is 2.00 bits per heavy atom. The van der Waals surface area contributed by atoms with Crippen molar-refractivity contribution in [2.24, 2.45) is 0 Å². The monoisotopic (exact) mass is 265 g/mol. The van der Waals surface area contributed by atoms with Gasteiger partial charge in [0.25, 0.3) is 0 Å². The molecule has 0 spiro atoms. The van der Waals surface area contributed by atoms with Crippen LogP contribution in [0.2, 0.25) is 5.02 Å². The molecule has 0 N–H and O–H groups in total. The molecule has 0 unspecified atom stereocenters. The lowest BCUT2D eigenvalue weighted by atomic mass is 10.1. The van der Waals surface area contributed by atoms with Crippen molar-refractivity contribution in [3.8, 4) is 5.75 Å². The minimum Gasteiger partial charge on any atom is -0.496 e. The first-order valence-corrected chi connectivity index (χ1v) is 5.68. The van der Waals surface area contributed by atoms with Gasteiger partial charge in [0, 0.05) is 22.2 Å². The number of aryl methyl sites for hydroxylation is 1. The molecule has 18 heavy (non-hydrogen) atoms. The summed E-state index contributed by atoms with van der Waals surface area (Å²) in [6.45, 7) is 1.83. The Kier molecular flexibility index (Phi) is 3.39. The van der Waals surface area contributed by atoms with Crippen molar-refractivity contribution in [1.29, 1.82) is 0 Å². The van der Waals surface area contributed by atoms with Crippen molar-refractivity contribution in [3.63, 3.8) is 0 Å². The second kappa shape index (κ2) is 4.82. The fourth-order valence-electron chi connectivity index (χ4n) is 1.82. The van der Waals surface area contributed by atoms with Crippen LogP contribution in [0.25, 0.3) is 10.9 Å². The zero-order valence-corrected chi connectivity index (χ0v) is 11.0. The summed E-state index contributed by atoms with van der Waals surface area (Å²) in [7, 11) is 2.88. The van der Waals surface area contributed by atoms with E-state index in [0.29, 0.717) is 27.2 Å². The highest BCUT2D eigenvalue weighted by Crippen LogP contribution is 2.30. The number of fused-ring (bicyclic) bond motifs is 1. The van der Waals surface area contributed by atoms with Gasteiger partial charge in [-0.1, -0.05) is 11.6 Å². The Balaban J connectivity index is 2.86. The summed E-state index contributed by atoms with van der Waals surface area (Å²) < 4.78 is 10.0. The van der Waals surface area contributed by atoms with Crippen LogP contribution in [-0.2, 0) is 4.74 Å². The van der Waals surface area contributed by atoms with Crippen LogP contribution < -0.4 is 4.74 Å². The van der Waals surface area contributed by atoms with Crippen LogP contribution >= 0.6 is 11.6 Å². The highest BCUT2D eigenvalue weighted by molar-refractivity contribution is 6.32. The van der Waals surface area contributed by atoms with Gasteiger partial charge in [-0.15, -0.1) is 0 Å². The van der Waals surface area contributed by atoms with Crippen molar-refractivity contribution in [2.75, 3.05) is 14.2 Å². The van der Waals surface area contributed by atoms with E-state index in [1.807, 2.05) is 6.92 Å². The molecule has 0 fully saturated rings. The number of methoxy groups -OCH3 is 2. The van der Waals surface area contributed by atoms with E-state index in [1.54, 1.807) is 25.3 Å². The Morgan fingerprint density at radius 1 is 1.28 bits per heavy atom. The van der Waals surface area contributed by atoms with Gasteiger partial charge in [-0.05, 0) is 19.1 Å². The number of carbonyl (C=O) groups is 1. The number of rotatable bonds is 2. The lowest BCUT2D eigenvalue weighted by molar-refractivity contribution is 0.0603. The summed E-state index contributed by atoms with van der Waals surface area (Å²) in [4.78, 5) is 16.1. The number of halogens is 1. The van der Waals surface area contributed by atoms with Gasteiger partial charge in [0.2, 0.25) is 0 Å². The zero-order valence-electron chi connectivity index (χ0n) is 10.3. The summed E-state index contributed by atoms with van der Waals surface area (Å²) in [5.74, 6) is 0.160. The second-order valence-corrected chi connectivity index (χ2v) is 4.24. The van der Waals surface area contributed by atoms with E-state index in [2.05, 4.69) is 4.98 Å². The third-order valence-corrected chi connectivity index (χ3v) is 2.81. The van der Waals surface area contributed by atoms with Crippen LogP contribution in [0.15, 0.2) is 18.2 Å². The van der Waals surface area contributed by atoms with E-state index in [1.165, 1.54) is 7.11 Å². The Hall–Kier alpha value is -1.81. The number of benzene rings is 1. The van der Waals surface area contributed by atoms with Crippen LogP contribution in [0.4, 0.5) is 0 Å². The van der Waals surface area contributed by atoms with Crippen molar-refractivity contribution < 1.29 is 14.3 Å². The first kappa shape index (κ1) is 12.6. The molecule has 0 aliphatic carbocycles. The third kappa shape index (κ3) is 2.11. The number of esters is 1. The molecule has 0 aliphatic heterocycles. The molecule has 94 valence electrons. The number of hydrogen-bond donors (Lipinski definition) is 0. The lowest BCUT2D eigenvalue weighted by Gasteiger charge is -2.10. The number of hydrogen-bond acceptors (Lipinski definition) is 4. The molecule has 2 aromatic rings. The molecule has 0 aliphatic rings. The minimum absolute atomic E-state index is 0.335. The molecule has 5 heteroatoms. The van der Waals surface area contributed by atoms with E-state index >= 15 is 0 Å². The van der Waals surface area contributed by atoms with Crippen LogP contribution in [-0.4, -0.2) is 25.2 Å². The van der Waals surface area contributed by atoms with Gasteiger partial charge >= 0.3 is 5.97 Å². The first-order chi connectivity index (χ1) is 8.56. The molecule has 1 heterocycles. The molecule has 0 saturated heterocycles. The van der Waals surface area contributed by atoms with Crippen LogP contribution in [0.1, 0.15) is 16.1 Å². The standard InChI is InChI=1S/C13H12ClNO3/c1-7-4-11(17-2)9-5-8(14)6-10(12(9)15-7)13(16)18-3/h4-6H,1-3H3. The average molecular weight is 266 g/mol. The molecule has 4 nitrogen and oxygen atoms in total. The van der Waals surface area contributed by atoms with E-state index in [-0.39, 0.29) is 0 Å². The second-order valence-electron chi connectivity index (χ2n) is 3.81. The average Bonchev–Trinajstić information content (AvgIpc) is 2.36. The zero-order chi connectivity index (χ0) is 13.3. The molecule has 0 radical (unpaired) electrons. The maximum atomic E-state index is 11.7. The van der Waals surface area contributed by atoms with Gasteiger partial charge in [0.15, 0.2) is 0 Å². The van der Waals surface area contributed by atoms with Crippen LogP contribution in [0.5, 0.6) is 5.75 Å². The smallest absolute Gasteiger partial charge is 0.340 e. The fraction of sp³-hybridized carbons (Fsp3) is 0.231. The number of carbonyl (C=O) groups excluding carboxylic acids is 1. The maximum absolute atomic E-state index is 11.7. The van der Waals surface area contributed by atoms with Crippen molar-refractivity contribution in [3.05, 3.63) is 34.5 Å². The van der Waals surface area contributed by atoms with E-state index in [9.17, 15) is 4.79 Å². The maximum Gasteiger partial charge on any atom is 0.340 e. The molecule has 1 aromatic carbocycles. The minimum atomic E-state index is -0.470. The molecule has 1 aromatic heterocycles. The lowest BCUT2D eigenvalue weighted by Crippen LogP contribution is -2.04. The number of ether oxygens (including phenoxy) is 2. The molecule has 0 amide bonds. The van der Waals surface area contributed by atoms with Crippen LogP contribution in [0.3, 0.4) is 0 Å². The fourth-order valence-corrected chi connectivity index (χ4v) is 2.04. The Bertz CT molecular complexity index is 625. The number of pyridine rings is 1. The first-order valence-electron chi connectivity index (χ1n) is 5.30. The number of aromatic nitrogens is 1. The normalized spacial score (nSPS) is 10.4. The highest BCUT2D eigenvalue weighted by atomic mass is 35.5. The summed E-state index contributed by atoms with van der Waals surface area (Å²) in [6, 6.07) is 5.05. The van der Waals surface area contributed by atoms with Gasteiger partial charge in [-0.25, -0.2) is 4.79 Å². The van der Waals surface area contributed by atoms with Gasteiger partial charge in [-0.2, -0.15) is 0 Å². The van der Waals surface area contributed by atoms with E-state index < -0.39 is 5.97 Å².